The molecule has 0 bridgehead atoms. The van der Waals surface area contributed by atoms with E-state index in [0.29, 0.717) is 0 Å². The second-order valence-electron chi connectivity index (χ2n) is 16.3. The van der Waals surface area contributed by atoms with Gasteiger partial charge < -0.3 is 4.90 Å². The average molecular weight is 712 g/mol. The first-order valence-electron chi connectivity index (χ1n) is 19.8. The standard InChI is InChI=1S/C53H33N3/c1-3-16-33(17-4-1)53(34-18-5-2-6-19-34)41-25-10-9-22-39(41)46-48-47(50-54-42-26-11-12-27-44(42)55(50)49(46)53)51-30-13-14-31-52(51,32-51)56(48)43-29-28-38-36-21-8-7-20-35(36)37-23-15-24-40(43)45(37)38/h1-31H,32H2. The summed E-state index contributed by atoms with van der Waals surface area (Å²) in [5, 5.41) is 2.65. The summed E-state index contributed by atoms with van der Waals surface area (Å²) in [6, 6.07) is 61.0. The van der Waals surface area contributed by atoms with Gasteiger partial charge >= 0.3 is 0 Å². The van der Waals surface area contributed by atoms with E-state index < -0.39 is 5.41 Å². The van der Waals surface area contributed by atoms with Crippen LogP contribution in [-0.4, -0.2) is 14.9 Å². The number of benzene rings is 7. The van der Waals surface area contributed by atoms with Crippen LogP contribution in [0.5, 0.6) is 0 Å². The first kappa shape index (κ1) is 29.4. The van der Waals surface area contributed by atoms with Gasteiger partial charge in [-0.3, -0.25) is 4.40 Å². The van der Waals surface area contributed by atoms with E-state index in [2.05, 4.69) is 197 Å². The second kappa shape index (κ2) is 9.82. The maximum Gasteiger partial charge on any atom is 0.144 e. The average Bonchev–Trinajstić information content (AvgIpc) is 3.47. The molecular weight excluding hydrogens is 679 g/mol. The van der Waals surface area contributed by atoms with E-state index in [0.717, 1.165) is 23.1 Å². The Bertz CT molecular complexity index is 3230. The Kier molecular flexibility index (Phi) is 5.15. The zero-order chi connectivity index (χ0) is 36.4. The number of allylic oxidation sites excluding steroid dienone is 2. The number of imidazole rings is 1. The molecule has 2 aromatic heterocycles. The molecule has 1 fully saturated rings. The summed E-state index contributed by atoms with van der Waals surface area (Å²) >= 11 is 0. The summed E-state index contributed by atoms with van der Waals surface area (Å²) in [6.07, 6.45) is 10.6. The van der Waals surface area contributed by atoms with Crippen LogP contribution >= 0.6 is 0 Å². The lowest BCUT2D eigenvalue weighted by atomic mass is 9.69. The van der Waals surface area contributed by atoms with E-state index in [1.54, 1.807) is 0 Å². The van der Waals surface area contributed by atoms with Gasteiger partial charge in [-0.05, 0) is 74.5 Å². The van der Waals surface area contributed by atoms with Crippen molar-refractivity contribution in [3.63, 3.8) is 0 Å². The van der Waals surface area contributed by atoms with Crippen LogP contribution in [0.1, 0.15) is 34.4 Å². The summed E-state index contributed by atoms with van der Waals surface area (Å²) in [4.78, 5) is 8.45. The Hall–Kier alpha value is -6.97. The maximum absolute atomic E-state index is 5.67. The lowest BCUT2D eigenvalue weighted by Gasteiger charge is -2.36. The molecule has 3 heterocycles. The van der Waals surface area contributed by atoms with Crippen LogP contribution in [0, 0.1) is 0 Å². The Morgan fingerprint density at radius 3 is 1.96 bits per heavy atom. The minimum absolute atomic E-state index is 0.222. The second-order valence-corrected chi connectivity index (χ2v) is 16.3. The smallest absolute Gasteiger partial charge is 0.144 e. The van der Waals surface area contributed by atoms with Crippen LogP contribution in [0.3, 0.4) is 0 Å². The van der Waals surface area contributed by atoms with Crippen LogP contribution in [0.4, 0.5) is 11.4 Å². The van der Waals surface area contributed by atoms with E-state index in [-0.39, 0.29) is 11.0 Å². The molecule has 0 spiro atoms. The first-order valence-corrected chi connectivity index (χ1v) is 19.8. The lowest BCUT2D eigenvalue weighted by molar-refractivity contribution is 0.726. The van der Waals surface area contributed by atoms with Crippen molar-refractivity contribution >= 4 is 38.8 Å². The number of fused-ring (bicyclic) bond motifs is 13. The van der Waals surface area contributed by atoms with Crippen LogP contribution in [0.2, 0.25) is 0 Å². The molecule has 7 aromatic carbocycles. The fraction of sp³-hybridized carbons (Fsp3) is 0.0755. The number of nitrogens with zero attached hydrogens (tertiary/aromatic N) is 3. The van der Waals surface area contributed by atoms with Gasteiger partial charge in [0.15, 0.2) is 0 Å². The van der Waals surface area contributed by atoms with Crippen molar-refractivity contribution in [3.05, 3.63) is 216 Å². The third-order valence-corrected chi connectivity index (χ3v) is 14.0. The number of aromatic nitrogens is 2. The van der Waals surface area contributed by atoms with Gasteiger partial charge in [0.2, 0.25) is 0 Å². The fourth-order valence-electron chi connectivity index (χ4n) is 11.9. The van der Waals surface area contributed by atoms with Gasteiger partial charge in [-0.2, -0.15) is 0 Å². The number of hydrogen-bond donors (Lipinski definition) is 0. The van der Waals surface area contributed by atoms with Crippen molar-refractivity contribution in [3.8, 4) is 33.4 Å². The van der Waals surface area contributed by atoms with Gasteiger partial charge in [0.1, 0.15) is 5.65 Å². The van der Waals surface area contributed by atoms with Gasteiger partial charge in [-0.1, -0.05) is 170 Å². The van der Waals surface area contributed by atoms with Crippen molar-refractivity contribution in [2.24, 2.45) is 0 Å². The van der Waals surface area contributed by atoms with E-state index in [4.69, 9.17) is 4.98 Å². The Morgan fingerprint density at radius 2 is 1.18 bits per heavy atom. The molecule has 3 nitrogen and oxygen atoms in total. The molecule has 2 unspecified atom stereocenters. The van der Waals surface area contributed by atoms with E-state index in [9.17, 15) is 0 Å². The Morgan fingerprint density at radius 1 is 0.536 bits per heavy atom. The van der Waals surface area contributed by atoms with Gasteiger partial charge in [-0.15, -0.1) is 0 Å². The van der Waals surface area contributed by atoms with E-state index in [1.165, 1.54) is 83.5 Å². The van der Waals surface area contributed by atoms with Crippen LogP contribution in [0.15, 0.2) is 188 Å². The minimum atomic E-state index is -0.612. The number of anilines is 2. The van der Waals surface area contributed by atoms with Gasteiger partial charge in [-0.25, -0.2) is 4.98 Å². The summed E-state index contributed by atoms with van der Waals surface area (Å²) < 4.78 is 2.57. The van der Waals surface area contributed by atoms with Gasteiger partial charge in [0.25, 0.3) is 0 Å². The molecule has 0 radical (unpaired) electrons. The Labute approximate surface area is 324 Å². The van der Waals surface area contributed by atoms with Crippen LogP contribution < -0.4 is 4.90 Å². The SMILES string of the molecule is C1=CC23CC2(C=C1)N(c1ccc2c4c(cccc14)-c1ccccc1-2)c1c2c(n4c(nc5ccccc54)c13)C(c1ccccc1)(c1ccccc1)c1ccccc1-2. The van der Waals surface area contributed by atoms with Gasteiger partial charge in [0.05, 0.1) is 33.4 Å². The normalized spacial score (nSPS) is 20.9. The highest BCUT2D eigenvalue weighted by Gasteiger charge is 2.76. The minimum Gasteiger partial charge on any atom is -0.329 e. The van der Waals surface area contributed by atoms with Crippen molar-refractivity contribution in [1.82, 2.24) is 9.38 Å². The number of rotatable bonds is 3. The molecule has 4 aliphatic carbocycles. The zero-order valence-corrected chi connectivity index (χ0v) is 30.4. The third kappa shape index (κ3) is 3.11. The molecule has 260 valence electrons. The topological polar surface area (TPSA) is 20.5 Å². The largest absolute Gasteiger partial charge is 0.329 e. The molecule has 9 aromatic rings. The molecular formula is C53H33N3. The number of para-hydroxylation sites is 2. The quantitative estimate of drug-likeness (QED) is 0.182. The first-order chi connectivity index (χ1) is 27.8. The zero-order valence-electron chi connectivity index (χ0n) is 30.4. The number of hydrogen-bond acceptors (Lipinski definition) is 2. The predicted molar refractivity (Wildman–Crippen MR) is 228 cm³/mol. The summed E-state index contributed by atoms with van der Waals surface area (Å²) in [5.41, 5.74) is 19.0. The highest BCUT2D eigenvalue weighted by molar-refractivity contribution is 6.20. The molecule has 14 rings (SSSR count). The molecule has 56 heavy (non-hydrogen) atoms. The van der Waals surface area contributed by atoms with Crippen molar-refractivity contribution in [2.75, 3.05) is 4.90 Å². The monoisotopic (exact) mass is 711 g/mol. The van der Waals surface area contributed by atoms with Crippen molar-refractivity contribution in [2.45, 2.75) is 22.8 Å². The van der Waals surface area contributed by atoms with Gasteiger partial charge in [0, 0.05) is 27.6 Å². The third-order valence-electron chi connectivity index (χ3n) is 14.0. The van der Waals surface area contributed by atoms with Crippen molar-refractivity contribution < 1.29 is 0 Å². The highest BCUT2D eigenvalue weighted by Crippen LogP contribution is 2.77. The lowest BCUT2D eigenvalue weighted by Crippen LogP contribution is -2.33. The highest BCUT2D eigenvalue weighted by atomic mass is 15.3. The van der Waals surface area contributed by atoms with Crippen LogP contribution in [-0.2, 0) is 10.8 Å². The number of pyridine rings is 1. The predicted octanol–water partition coefficient (Wildman–Crippen LogP) is 12.3. The van der Waals surface area contributed by atoms with E-state index >= 15 is 0 Å². The molecule has 0 saturated heterocycles. The van der Waals surface area contributed by atoms with E-state index in [1.807, 2.05) is 0 Å². The molecule has 1 aliphatic heterocycles. The van der Waals surface area contributed by atoms with Crippen LogP contribution in [0.25, 0.3) is 60.8 Å². The Balaban J connectivity index is 1.21. The molecule has 0 amide bonds. The molecule has 1 saturated carbocycles. The maximum atomic E-state index is 5.67. The molecule has 2 atom stereocenters. The van der Waals surface area contributed by atoms with Crippen molar-refractivity contribution in [1.29, 1.82) is 0 Å². The molecule has 3 heteroatoms. The summed E-state index contributed by atoms with van der Waals surface area (Å²) in [6.45, 7) is 0. The molecule has 5 aliphatic rings. The molecule has 0 N–H and O–H groups in total. The summed E-state index contributed by atoms with van der Waals surface area (Å²) in [7, 11) is 0. The summed E-state index contributed by atoms with van der Waals surface area (Å²) in [5.74, 6) is 0. The fourth-order valence-corrected chi connectivity index (χ4v) is 11.9.